The molecule has 0 aromatic rings. The molecule has 0 radical (unpaired) electrons. The van der Waals surface area contributed by atoms with Gasteiger partial charge in [-0.05, 0) is 13.8 Å². The molecule has 0 saturated heterocycles. The highest BCUT2D eigenvalue weighted by Crippen LogP contribution is 1.85. The van der Waals surface area contributed by atoms with Gasteiger partial charge < -0.3 is 15.8 Å². The van der Waals surface area contributed by atoms with Gasteiger partial charge in [-0.1, -0.05) is 0 Å². The molecule has 4 nitrogen and oxygen atoms in total. The molecule has 1 amide bonds. The van der Waals surface area contributed by atoms with Gasteiger partial charge in [0.05, 0.1) is 12.7 Å². The summed E-state index contributed by atoms with van der Waals surface area (Å²) in [6.07, 6.45) is 0.609. The van der Waals surface area contributed by atoms with E-state index in [1.54, 1.807) is 0 Å². The highest BCUT2D eigenvalue weighted by molar-refractivity contribution is 5.75. The highest BCUT2D eigenvalue weighted by atomic mass is 16.5. The lowest BCUT2D eigenvalue weighted by Gasteiger charge is -2.07. The lowest BCUT2D eigenvalue weighted by Crippen LogP contribution is -2.29. The summed E-state index contributed by atoms with van der Waals surface area (Å²) < 4.78 is 5.22. The molecule has 0 aromatic carbocycles. The van der Waals surface area contributed by atoms with Gasteiger partial charge in [-0.2, -0.15) is 0 Å². The Labute approximate surface area is 76.4 Å². The predicted molar refractivity (Wildman–Crippen MR) is 52.0 cm³/mol. The van der Waals surface area contributed by atoms with E-state index in [1.165, 1.54) is 0 Å². The minimum absolute atomic E-state index is 0. The van der Waals surface area contributed by atoms with Gasteiger partial charge >= 0.3 is 0 Å². The van der Waals surface area contributed by atoms with Crippen molar-refractivity contribution in [3.63, 3.8) is 0 Å². The first-order chi connectivity index (χ1) is 5.66. The van der Waals surface area contributed by atoms with Crippen molar-refractivity contribution in [3.05, 3.63) is 0 Å². The van der Waals surface area contributed by atoms with E-state index < -0.39 is 0 Å². The van der Waals surface area contributed by atoms with Crippen LogP contribution in [0.5, 0.6) is 0 Å². The van der Waals surface area contributed by atoms with Crippen molar-refractivity contribution in [3.8, 4) is 0 Å². The van der Waals surface area contributed by atoms with Crippen molar-refractivity contribution in [2.75, 3.05) is 19.7 Å². The fourth-order valence-electron chi connectivity index (χ4n) is 0.705. The lowest BCUT2D eigenvalue weighted by molar-refractivity contribution is -0.121. The van der Waals surface area contributed by atoms with Crippen LogP contribution in [0.25, 0.3) is 0 Å². The zero-order valence-corrected chi connectivity index (χ0v) is 7.80. The number of amides is 1. The molecule has 0 bridgehead atoms. The molecule has 4 heteroatoms. The van der Waals surface area contributed by atoms with Crippen LogP contribution in [0, 0.1) is 0 Å². The molecular weight excluding hydrogens is 156 g/mol. The zero-order valence-electron chi connectivity index (χ0n) is 7.80. The van der Waals surface area contributed by atoms with E-state index in [0.717, 1.165) is 0 Å². The fraction of sp³-hybridized carbons (Fsp3) is 0.875. The number of carbonyl (C=O) groups is 1. The van der Waals surface area contributed by atoms with Crippen LogP contribution in [0.3, 0.4) is 0 Å². The number of hydrogen-bond donors (Lipinski definition) is 2. The molecule has 0 atom stereocenters. The molecule has 12 heavy (non-hydrogen) atoms. The van der Waals surface area contributed by atoms with Crippen molar-refractivity contribution >= 4 is 5.91 Å². The van der Waals surface area contributed by atoms with Crippen LogP contribution in [-0.2, 0) is 9.53 Å². The van der Waals surface area contributed by atoms with Gasteiger partial charge in [-0.3, -0.25) is 4.79 Å². The average Bonchev–Trinajstić information content (AvgIpc) is 1.98. The maximum absolute atomic E-state index is 10.8. The molecular formula is C8H22N2O2. The molecule has 0 aliphatic heterocycles. The summed E-state index contributed by atoms with van der Waals surface area (Å²) in [6.45, 7) is 5.45. The van der Waals surface area contributed by atoms with E-state index in [0.29, 0.717) is 26.1 Å². The second-order valence-corrected chi connectivity index (χ2v) is 2.81. The largest absolute Gasteiger partial charge is 0.377 e. The van der Waals surface area contributed by atoms with Crippen molar-refractivity contribution in [2.24, 2.45) is 5.73 Å². The summed E-state index contributed by atoms with van der Waals surface area (Å²) in [5, 5.41) is 2.70. The molecule has 0 saturated carbocycles. The average molecular weight is 178 g/mol. The highest BCUT2D eigenvalue weighted by Gasteiger charge is 1.98. The van der Waals surface area contributed by atoms with E-state index >= 15 is 0 Å². The van der Waals surface area contributed by atoms with Crippen LogP contribution < -0.4 is 11.1 Å². The minimum atomic E-state index is -0.00939. The molecule has 0 aromatic heterocycles. The van der Waals surface area contributed by atoms with Gasteiger partial charge in [-0.15, -0.1) is 0 Å². The molecule has 0 rings (SSSR count). The number of hydrogen-bond acceptors (Lipinski definition) is 3. The van der Waals surface area contributed by atoms with Gasteiger partial charge in [0.1, 0.15) is 0 Å². The van der Waals surface area contributed by atoms with Gasteiger partial charge in [-0.25, -0.2) is 0 Å². The number of rotatable bonds is 6. The summed E-state index contributed by atoms with van der Waals surface area (Å²) >= 11 is 0. The van der Waals surface area contributed by atoms with E-state index in [9.17, 15) is 4.79 Å². The number of nitrogens with one attached hydrogen (secondary N) is 1. The number of ether oxygens (including phenoxy) is 1. The standard InChI is InChI=1S/C8H18N2O2.2H2/c1-7(2)12-6-5-10-8(11)3-4-9;;/h7H,3-6,9H2,1-2H3,(H,10,11);2*1H. The van der Waals surface area contributed by atoms with Gasteiger partial charge in [0.2, 0.25) is 5.91 Å². The van der Waals surface area contributed by atoms with E-state index in [-0.39, 0.29) is 14.9 Å². The van der Waals surface area contributed by atoms with E-state index in [4.69, 9.17) is 10.5 Å². The third kappa shape index (κ3) is 7.50. The van der Waals surface area contributed by atoms with Crippen molar-refractivity contribution in [2.45, 2.75) is 26.4 Å². The molecule has 0 heterocycles. The summed E-state index contributed by atoms with van der Waals surface area (Å²) in [5.74, 6) is -0.00939. The van der Waals surface area contributed by atoms with Crippen LogP contribution in [0.15, 0.2) is 0 Å². The summed E-state index contributed by atoms with van der Waals surface area (Å²) in [5.41, 5.74) is 5.19. The third-order valence-corrected chi connectivity index (χ3v) is 1.25. The topological polar surface area (TPSA) is 64.3 Å². The molecule has 0 fully saturated rings. The van der Waals surface area contributed by atoms with Crippen molar-refractivity contribution in [1.82, 2.24) is 5.32 Å². The second-order valence-electron chi connectivity index (χ2n) is 2.81. The van der Waals surface area contributed by atoms with Crippen molar-refractivity contribution < 1.29 is 12.4 Å². The number of nitrogens with two attached hydrogens (primary N) is 1. The van der Waals surface area contributed by atoms with Crippen molar-refractivity contribution in [1.29, 1.82) is 0 Å². The van der Waals surface area contributed by atoms with E-state index in [1.807, 2.05) is 13.8 Å². The Bertz CT molecular complexity index is 135. The molecule has 0 aliphatic rings. The van der Waals surface area contributed by atoms with Crippen LogP contribution in [0.2, 0.25) is 0 Å². The normalized spacial score (nSPS) is 10.3. The third-order valence-electron chi connectivity index (χ3n) is 1.25. The summed E-state index contributed by atoms with van der Waals surface area (Å²) in [6, 6.07) is 0. The first-order valence-electron chi connectivity index (χ1n) is 4.25. The second kappa shape index (κ2) is 7.06. The predicted octanol–water partition coefficient (Wildman–Crippen LogP) is 0.368. The Morgan fingerprint density at radius 2 is 2.33 bits per heavy atom. The zero-order chi connectivity index (χ0) is 9.40. The Morgan fingerprint density at radius 3 is 2.83 bits per heavy atom. The summed E-state index contributed by atoms with van der Waals surface area (Å²) in [7, 11) is 0. The Kier molecular flexibility index (Phi) is 6.70. The van der Waals surface area contributed by atoms with Gasteiger partial charge in [0.25, 0.3) is 0 Å². The number of carbonyl (C=O) groups excluding carboxylic acids is 1. The Hall–Kier alpha value is -0.610. The van der Waals surface area contributed by atoms with E-state index in [2.05, 4.69) is 5.32 Å². The minimum Gasteiger partial charge on any atom is -0.377 e. The maximum atomic E-state index is 10.8. The Morgan fingerprint density at radius 1 is 1.67 bits per heavy atom. The Balaban J connectivity index is -0.000000605. The van der Waals surface area contributed by atoms with Gasteiger partial charge in [0, 0.05) is 22.4 Å². The first-order valence-corrected chi connectivity index (χ1v) is 4.25. The maximum Gasteiger partial charge on any atom is 0.221 e. The molecule has 0 unspecified atom stereocenters. The molecule has 0 aliphatic carbocycles. The van der Waals surface area contributed by atoms with Crippen LogP contribution in [0.4, 0.5) is 0 Å². The van der Waals surface area contributed by atoms with Gasteiger partial charge in [0.15, 0.2) is 0 Å². The first kappa shape index (κ1) is 11.4. The SMILES string of the molecule is CC(C)OCCNC(=O)CCN.[HH].[HH]. The summed E-state index contributed by atoms with van der Waals surface area (Å²) in [4.78, 5) is 10.8. The molecule has 0 spiro atoms. The fourth-order valence-corrected chi connectivity index (χ4v) is 0.705. The molecule has 3 N–H and O–H groups in total. The quantitative estimate of drug-likeness (QED) is 0.577. The van der Waals surface area contributed by atoms with Crippen LogP contribution in [-0.4, -0.2) is 31.7 Å². The monoisotopic (exact) mass is 178 g/mol. The smallest absolute Gasteiger partial charge is 0.221 e. The van der Waals surface area contributed by atoms with Crippen LogP contribution in [0.1, 0.15) is 23.1 Å². The lowest BCUT2D eigenvalue weighted by atomic mass is 10.4. The molecule has 76 valence electrons. The van der Waals surface area contributed by atoms with Crippen LogP contribution >= 0.6 is 0 Å².